The molecule has 0 aliphatic rings. The lowest BCUT2D eigenvalue weighted by atomic mass is 9.86. The predicted octanol–water partition coefficient (Wildman–Crippen LogP) is 2.13. The van der Waals surface area contributed by atoms with Crippen molar-refractivity contribution in [2.75, 3.05) is 0 Å². The van der Waals surface area contributed by atoms with E-state index in [2.05, 4.69) is 10.3 Å². The van der Waals surface area contributed by atoms with E-state index in [1.807, 2.05) is 37.8 Å². The van der Waals surface area contributed by atoms with Crippen LogP contribution in [0.1, 0.15) is 38.7 Å². The number of hydrogen-bond donors (Lipinski definition) is 2. The van der Waals surface area contributed by atoms with E-state index in [1.54, 1.807) is 0 Å². The van der Waals surface area contributed by atoms with Gasteiger partial charge in [-0.25, -0.2) is 0 Å². The van der Waals surface area contributed by atoms with Crippen molar-refractivity contribution in [2.24, 2.45) is 16.3 Å². The van der Waals surface area contributed by atoms with Crippen molar-refractivity contribution in [3.8, 4) is 0 Å². The van der Waals surface area contributed by atoms with Gasteiger partial charge in [-0.15, -0.1) is 0 Å². The number of hydrogen-bond acceptors (Lipinski definition) is 3. The number of nitrogens with zero attached hydrogens (tertiary/aromatic N) is 3. The summed E-state index contributed by atoms with van der Waals surface area (Å²) in [5.74, 6) is 0.299. The Balaban J connectivity index is 2.29. The second-order valence-electron chi connectivity index (χ2n) is 5.11. The topological polar surface area (TPSA) is 76.4 Å². The standard InChI is InChI=1S/C12H22N4O/c1-10-8-14-16(9-10)7-5-4-6-12(2,3)11(13)15-17/h8-9,17H,4-7H2,1-3H3,(H2,13,15). The van der Waals surface area contributed by atoms with Crippen molar-refractivity contribution < 1.29 is 5.21 Å². The summed E-state index contributed by atoms with van der Waals surface area (Å²) in [4.78, 5) is 0. The molecule has 5 nitrogen and oxygen atoms in total. The van der Waals surface area contributed by atoms with Crippen LogP contribution in [-0.4, -0.2) is 20.8 Å². The molecule has 0 aliphatic heterocycles. The van der Waals surface area contributed by atoms with E-state index >= 15 is 0 Å². The van der Waals surface area contributed by atoms with Crippen molar-refractivity contribution in [3.05, 3.63) is 18.0 Å². The molecule has 0 aliphatic carbocycles. The molecule has 96 valence electrons. The van der Waals surface area contributed by atoms with E-state index < -0.39 is 0 Å². The molecule has 0 bridgehead atoms. The molecule has 0 fully saturated rings. The molecule has 1 heterocycles. The molecule has 0 aromatic carbocycles. The third kappa shape index (κ3) is 4.09. The fourth-order valence-corrected chi connectivity index (χ4v) is 1.69. The van der Waals surface area contributed by atoms with Gasteiger partial charge in [0.05, 0.1) is 6.20 Å². The van der Waals surface area contributed by atoms with Crippen LogP contribution in [-0.2, 0) is 6.54 Å². The fraction of sp³-hybridized carbons (Fsp3) is 0.667. The first-order chi connectivity index (χ1) is 7.95. The number of nitrogens with two attached hydrogens (primary N) is 1. The molecular formula is C12H22N4O. The maximum atomic E-state index is 8.66. The van der Waals surface area contributed by atoms with Crippen molar-refractivity contribution in [1.82, 2.24) is 9.78 Å². The maximum absolute atomic E-state index is 8.66. The Kier molecular flexibility index (Phi) is 4.54. The Morgan fingerprint density at radius 2 is 2.24 bits per heavy atom. The highest BCUT2D eigenvalue weighted by molar-refractivity contribution is 5.85. The van der Waals surface area contributed by atoms with Crippen LogP contribution in [0.4, 0.5) is 0 Å². The Labute approximate surface area is 102 Å². The van der Waals surface area contributed by atoms with Gasteiger partial charge in [-0.2, -0.15) is 5.10 Å². The number of amidine groups is 1. The second-order valence-corrected chi connectivity index (χ2v) is 5.11. The molecule has 1 rings (SSSR count). The number of oxime groups is 1. The maximum Gasteiger partial charge on any atom is 0.144 e. The molecule has 0 unspecified atom stereocenters. The van der Waals surface area contributed by atoms with Crippen LogP contribution in [0.2, 0.25) is 0 Å². The average Bonchev–Trinajstić information content (AvgIpc) is 2.69. The monoisotopic (exact) mass is 238 g/mol. The number of unbranched alkanes of at least 4 members (excludes halogenated alkanes) is 1. The molecule has 3 N–H and O–H groups in total. The van der Waals surface area contributed by atoms with Gasteiger partial charge in [0.2, 0.25) is 0 Å². The fourth-order valence-electron chi connectivity index (χ4n) is 1.69. The summed E-state index contributed by atoms with van der Waals surface area (Å²) in [6.45, 7) is 6.92. The molecule has 0 saturated carbocycles. The van der Waals surface area contributed by atoms with Gasteiger partial charge in [0.15, 0.2) is 0 Å². The van der Waals surface area contributed by atoms with Crippen molar-refractivity contribution >= 4 is 5.84 Å². The van der Waals surface area contributed by atoms with Gasteiger partial charge in [0.1, 0.15) is 5.84 Å². The SMILES string of the molecule is Cc1cnn(CCCCC(C)(C)C(N)=NO)c1. The molecule has 1 aromatic rings. The first-order valence-corrected chi connectivity index (χ1v) is 5.93. The Hall–Kier alpha value is -1.52. The molecule has 0 spiro atoms. The predicted molar refractivity (Wildman–Crippen MR) is 68.0 cm³/mol. The summed E-state index contributed by atoms with van der Waals surface area (Å²) in [7, 11) is 0. The van der Waals surface area contributed by atoms with Crippen LogP contribution >= 0.6 is 0 Å². The molecular weight excluding hydrogens is 216 g/mol. The van der Waals surface area contributed by atoms with Crippen LogP contribution in [0.5, 0.6) is 0 Å². The number of aryl methyl sites for hydroxylation is 2. The lowest BCUT2D eigenvalue weighted by Gasteiger charge is -2.22. The van der Waals surface area contributed by atoms with E-state index in [9.17, 15) is 0 Å². The smallest absolute Gasteiger partial charge is 0.144 e. The van der Waals surface area contributed by atoms with Gasteiger partial charge in [0.25, 0.3) is 0 Å². The molecule has 0 atom stereocenters. The number of rotatable bonds is 6. The lowest BCUT2D eigenvalue weighted by molar-refractivity contribution is 0.304. The minimum absolute atomic E-state index is 0.241. The largest absolute Gasteiger partial charge is 0.409 e. The van der Waals surface area contributed by atoms with E-state index in [1.165, 1.54) is 5.56 Å². The van der Waals surface area contributed by atoms with Gasteiger partial charge >= 0.3 is 0 Å². The summed E-state index contributed by atoms with van der Waals surface area (Å²) in [6.07, 6.45) is 6.88. The average molecular weight is 238 g/mol. The van der Waals surface area contributed by atoms with Crippen LogP contribution < -0.4 is 5.73 Å². The molecule has 0 amide bonds. The quantitative estimate of drug-likeness (QED) is 0.262. The molecule has 17 heavy (non-hydrogen) atoms. The van der Waals surface area contributed by atoms with Crippen molar-refractivity contribution in [3.63, 3.8) is 0 Å². The minimum atomic E-state index is -0.241. The summed E-state index contributed by atoms with van der Waals surface area (Å²) < 4.78 is 1.95. The molecule has 5 heteroatoms. The van der Waals surface area contributed by atoms with Crippen molar-refractivity contribution in [1.29, 1.82) is 0 Å². The van der Waals surface area contributed by atoms with Gasteiger partial charge < -0.3 is 10.9 Å². The highest BCUT2D eigenvalue weighted by atomic mass is 16.4. The van der Waals surface area contributed by atoms with Crippen molar-refractivity contribution in [2.45, 2.75) is 46.6 Å². The normalized spacial score (nSPS) is 13.0. The van der Waals surface area contributed by atoms with Gasteiger partial charge in [-0.05, 0) is 25.3 Å². The van der Waals surface area contributed by atoms with Gasteiger partial charge in [-0.3, -0.25) is 4.68 Å². The zero-order valence-electron chi connectivity index (χ0n) is 10.8. The Morgan fingerprint density at radius 3 is 2.76 bits per heavy atom. The molecule has 1 aromatic heterocycles. The highest BCUT2D eigenvalue weighted by Crippen LogP contribution is 2.23. The van der Waals surface area contributed by atoms with Crippen LogP contribution in [0, 0.1) is 12.3 Å². The van der Waals surface area contributed by atoms with Crippen LogP contribution in [0.15, 0.2) is 17.5 Å². The summed E-state index contributed by atoms with van der Waals surface area (Å²) >= 11 is 0. The second kappa shape index (κ2) is 5.70. The zero-order chi connectivity index (χ0) is 12.9. The summed E-state index contributed by atoms with van der Waals surface area (Å²) in [5, 5.41) is 16.0. The van der Waals surface area contributed by atoms with Gasteiger partial charge in [0, 0.05) is 18.2 Å². The van der Waals surface area contributed by atoms with E-state index in [4.69, 9.17) is 10.9 Å². The first kappa shape index (κ1) is 13.5. The molecule has 0 saturated heterocycles. The Bertz CT molecular complexity index is 382. The first-order valence-electron chi connectivity index (χ1n) is 5.93. The summed E-state index contributed by atoms with van der Waals surface area (Å²) in [6, 6.07) is 0. The number of aromatic nitrogens is 2. The van der Waals surface area contributed by atoms with E-state index in [0.717, 1.165) is 25.8 Å². The third-order valence-corrected chi connectivity index (χ3v) is 3.00. The minimum Gasteiger partial charge on any atom is -0.409 e. The van der Waals surface area contributed by atoms with E-state index in [0.29, 0.717) is 5.84 Å². The lowest BCUT2D eigenvalue weighted by Crippen LogP contribution is -2.31. The Morgan fingerprint density at radius 1 is 1.53 bits per heavy atom. The van der Waals surface area contributed by atoms with Gasteiger partial charge in [-0.1, -0.05) is 25.4 Å². The van der Waals surface area contributed by atoms with Crippen LogP contribution in [0.25, 0.3) is 0 Å². The molecule has 0 radical (unpaired) electrons. The van der Waals surface area contributed by atoms with Crippen LogP contribution in [0.3, 0.4) is 0 Å². The van der Waals surface area contributed by atoms with E-state index in [-0.39, 0.29) is 5.41 Å². The zero-order valence-corrected chi connectivity index (χ0v) is 10.8. The highest BCUT2D eigenvalue weighted by Gasteiger charge is 2.22. The summed E-state index contributed by atoms with van der Waals surface area (Å²) in [5.41, 5.74) is 6.57. The third-order valence-electron chi connectivity index (χ3n) is 3.00.